The average Bonchev–Trinajstić information content (AvgIpc) is 2.87. The van der Waals surface area contributed by atoms with Crippen LogP contribution in [0.25, 0.3) is 0 Å². The molecule has 22 heavy (non-hydrogen) atoms. The van der Waals surface area contributed by atoms with Gasteiger partial charge in [-0.3, -0.25) is 9.59 Å². The number of esters is 1. The van der Waals surface area contributed by atoms with E-state index in [1.54, 1.807) is 13.2 Å². The number of furan rings is 1. The summed E-state index contributed by atoms with van der Waals surface area (Å²) in [6, 6.07) is 0. The van der Waals surface area contributed by atoms with Crippen molar-refractivity contribution in [1.82, 2.24) is 0 Å². The Morgan fingerprint density at radius 3 is 2.91 bits per heavy atom. The summed E-state index contributed by atoms with van der Waals surface area (Å²) in [5.41, 5.74) is 1.87. The molecular formula is C18H22O4. The molecule has 0 amide bonds. The summed E-state index contributed by atoms with van der Waals surface area (Å²) in [4.78, 5) is 24.8. The number of carbonyl (C=O) groups is 2. The topological polar surface area (TPSA) is 56.5 Å². The molecule has 1 aromatic heterocycles. The molecule has 0 N–H and O–H groups in total. The van der Waals surface area contributed by atoms with Gasteiger partial charge in [0.1, 0.15) is 6.10 Å². The van der Waals surface area contributed by atoms with Crippen molar-refractivity contribution in [1.29, 1.82) is 0 Å². The minimum absolute atomic E-state index is 0.0547. The van der Waals surface area contributed by atoms with Gasteiger partial charge in [-0.25, -0.2) is 0 Å². The molecule has 0 saturated carbocycles. The van der Waals surface area contributed by atoms with E-state index in [2.05, 4.69) is 6.92 Å². The van der Waals surface area contributed by atoms with E-state index in [-0.39, 0.29) is 17.7 Å². The van der Waals surface area contributed by atoms with Crippen LogP contribution in [0.1, 0.15) is 67.8 Å². The molecule has 4 nitrogen and oxygen atoms in total. The molecule has 0 unspecified atom stereocenters. The summed E-state index contributed by atoms with van der Waals surface area (Å²) in [5, 5.41) is 0. The van der Waals surface area contributed by atoms with Gasteiger partial charge in [-0.05, 0) is 31.2 Å². The fraction of sp³-hybridized carbons (Fsp3) is 0.556. The van der Waals surface area contributed by atoms with Gasteiger partial charge in [0.05, 0.1) is 6.26 Å². The molecule has 0 fully saturated rings. The van der Waals surface area contributed by atoms with Crippen molar-refractivity contribution in [3.8, 4) is 0 Å². The van der Waals surface area contributed by atoms with E-state index >= 15 is 0 Å². The number of aryl methyl sites for hydroxylation is 1. The number of carbonyl (C=O) groups excluding carboxylic acids is 2. The molecule has 0 aromatic carbocycles. The Morgan fingerprint density at radius 2 is 2.23 bits per heavy atom. The molecule has 118 valence electrons. The third kappa shape index (κ3) is 1.89. The third-order valence-corrected chi connectivity index (χ3v) is 5.37. The number of Topliss-reactive ketones (excluding diaryl/α,β-unsaturated/α-hetero) is 1. The molecule has 3 atom stereocenters. The zero-order valence-corrected chi connectivity index (χ0v) is 13.6. The van der Waals surface area contributed by atoms with Crippen molar-refractivity contribution in [2.75, 3.05) is 0 Å². The number of rotatable bonds is 2. The molecule has 0 radical (unpaired) electrons. The molecule has 1 aromatic rings. The lowest BCUT2D eigenvalue weighted by Gasteiger charge is -2.47. The number of ether oxygens (including phenoxy) is 1. The van der Waals surface area contributed by atoms with Crippen LogP contribution in [-0.4, -0.2) is 11.8 Å². The monoisotopic (exact) mass is 302 g/mol. The standard InChI is InChI=1S/C18H22O4/c1-5-13(19)22-17-14-10(2)9-21-16(14)15(20)12-8-6-7-11(3)18(12,17)4/h8-9,11,17H,5-7H2,1-4H3/t11-,17+,18+/m0/s1. The first-order valence-electron chi connectivity index (χ1n) is 7.94. The molecule has 3 rings (SSSR count). The van der Waals surface area contributed by atoms with Crippen LogP contribution in [0.5, 0.6) is 0 Å². The van der Waals surface area contributed by atoms with Crippen molar-refractivity contribution >= 4 is 11.8 Å². The molecule has 2 aliphatic carbocycles. The van der Waals surface area contributed by atoms with Gasteiger partial charge in [-0.1, -0.05) is 26.8 Å². The fourth-order valence-corrected chi connectivity index (χ4v) is 3.77. The van der Waals surface area contributed by atoms with Gasteiger partial charge in [0, 0.05) is 23.0 Å². The molecule has 0 bridgehead atoms. The Balaban J connectivity index is 2.21. The van der Waals surface area contributed by atoms with E-state index in [4.69, 9.17) is 9.15 Å². The predicted octanol–water partition coefficient (Wildman–Crippen LogP) is 4.14. The summed E-state index contributed by atoms with van der Waals surface area (Å²) in [6.45, 7) is 7.85. The fourth-order valence-electron chi connectivity index (χ4n) is 3.77. The van der Waals surface area contributed by atoms with Crippen molar-refractivity contribution in [3.05, 3.63) is 34.8 Å². The minimum atomic E-state index is -0.484. The Bertz CT molecular complexity index is 667. The molecular weight excluding hydrogens is 280 g/mol. The first-order valence-corrected chi connectivity index (χ1v) is 7.94. The second-order valence-corrected chi connectivity index (χ2v) is 6.59. The molecule has 4 heteroatoms. The first kappa shape index (κ1) is 15.1. The maximum Gasteiger partial charge on any atom is 0.306 e. The lowest BCUT2D eigenvalue weighted by atomic mass is 9.58. The number of allylic oxidation sites excluding steroid dienone is 1. The molecule has 0 saturated heterocycles. The summed E-state index contributed by atoms with van der Waals surface area (Å²) in [7, 11) is 0. The van der Waals surface area contributed by atoms with E-state index in [1.165, 1.54) is 0 Å². The smallest absolute Gasteiger partial charge is 0.306 e. The van der Waals surface area contributed by atoms with Crippen LogP contribution in [0.2, 0.25) is 0 Å². The number of ketones is 1. The molecule has 0 spiro atoms. The number of hydrogen-bond donors (Lipinski definition) is 0. The van der Waals surface area contributed by atoms with Crippen LogP contribution in [0.3, 0.4) is 0 Å². The van der Waals surface area contributed by atoms with Gasteiger partial charge in [0.25, 0.3) is 0 Å². The number of hydrogen-bond acceptors (Lipinski definition) is 4. The maximum absolute atomic E-state index is 12.8. The van der Waals surface area contributed by atoms with Gasteiger partial charge in [-0.15, -0.1) is 0 Å². The van der Waals surface area contributed by atoms with Gasteiger partial charge < -0.3 is 9.15 Å². The van der Waals surface area contributed by atoms with E-state index in [0.29, 0.717) is 12.2 Å². The maximum atomic E-state index is 12.8. The average molecular weight is 302 g/mol. The third-order valence-electron chi connectivity index (χ3n) is 5.37. The van der Waals surface area contributed by atoms with Crippen LogP contribution in [-0.2, 0) is 9.53 Å². The highest BCUT2D eigenvalue weighted by atomic mass is 16.5. The Labute approximate surface area is 130 Å². The van der Waals surface area contributed by atoms with Crippen LogP contribution in [0.4, 0.5) is 0 Å². The summed E-state index contributed by atoms with van der Waals surface area (Å²) < 4.78 is 11.3. The largest absolute Gasteiger partial charge is 0.460 e. The van der Waals surface area contributed by atoms with Gasteiger partial charge in [-0.2, -0.15) is 0 Å². The zero-order chi connectivity index (χ0) is 16.1. The lowest BCUT2D eigenvalue weighted by molar-refractivity contribution is -0.157. The Morgan fingerprint density at radius 1 is 1.50 bits per heavy atom. The van der Waals surface area contributed by atoms with Crippen molar-refractivity contribution in [2.45, 2.75) is 53.1 Å². The first-order chi connectivity index (χ1) is 10.4. The van der Waals surface area contributed by atoms with E-state index < -0.39 is 11.5 Å². The Hall–Kier alpha value is -1.84. The minimum Gasteiger partial charge on any atom is -0.460 e. The highest BCUT2D eigenvalue weighted by Crippen LogP contribution is 2.57. The SMILES string of the molecule is CCC(=O)O[C@@H]1c2c(C)coc2C(=O)C2=CCC[C@H](C)[C@]21C. The number of fused-ring (bicyclic) bond motifs is 2. The van der Waals surface area contributed by atoms with Crippen LogP contribution in [0, 0.1) is 18.3 Å². The summed E-state index contributed by atoms with van der Waals surface area (Å²) >= 11 is 0. The van der Waals surface area contributed by atoms with Crippen molar-refractivity contribution in [2.24, 2.45) is 11.3 Å². The van der Waals surface area contributed by atoms with Crippen molar-refractivity contribution in [3.63, 3.8) is 0 Å². The Kier molecular flexibility index (Phi) is 3.50. The van der Waals surface area contributed by atoms with Gasteiger partial charge in [0.15, 0.2) is 5.76 Å². The zero-order valence-electron chi connectivity index (χ0n) is 13.6. The highest BCUT2D eigenvalue weighted by Gasteiger charge is 2.55. The van der Waals surface area contributed by atoms with E-state index in [1.807, 2.05) is 19.9 Å². The quantitative estimate of drug-likeness (QED) is 0.770. The van der Waals surface area contributed by atoms with Gasteiger partial charge in [0.2, 0.25) is 5.78 Å². The molecule has 1 heterocycles. The van der Waals surface area contributed by atoms with E-state index in [9.17, 15) is 9.59 Å². The summed E-state index contributed by atoms with van der Waals surface area (Å²) in [6.07, 6.45) is 5.31. The molecule has 2 aliphatic rings. The van der Waals surface area contributed by atoms with Crippen molar-refractivity contribution < 1.29 is 18.7 Å². The molecule has 0 aliphatic heterocycles. The normalized spacial score (nSPS) is 30.4. The predicted molar refractivity (Wildman–Crippen MR) is 81.5 cm³/mol. The lowest BCUT2D eigenvalue weighted by Crippen LogP contribution is -2.44. The second-order valence-electron chi connectivity index (χ2n) is 6.59. The van der Waals surface area contributed by atoms with Crippen LogP contribution < -0.4 is 0 Å². The highest BCUT2D eigenvalue weighted by molar-refractivity contribution is 6.10. The summed E-state index contributed by atoms with van der Waals surface area (Å²) in [5.74, 6) is 0.294. The van der Waals surface area contributed by atoms with Gasteiger partial charge >= 0.3 is 5.97 Å². The van der Waals surface area contributed by atoms with E-state index in [0.717, 1.165) is 29.5 Å². The van der Waals surface area contributed by atoms with Crippen LogP contribution in [0.15, 0.2) is 22.3 Å². The second kappa shape index (κ2) is 5.11. The van der Waals surface area contributed by atoms with Crippen LogP contribution >= 0.6 is 0 Å².